The van der Waals surface area contributed by atoms with Crippen molar-refractivity contribution >= 4 is 11.9 Å². The Hall–Kier alpha value is -3.96. The summed E-state index contributed by atoms with van der Waals surface area (Å²) in [4.78, 5) is 24.4. The average Bonchev–Trinajstić information content (AvgIpc) is 3.34. The zero-order chi connectivity index (χ0) is 49.2. The highest BCUT2D eigenvalue weighted by Crippen LogP contribution is 2.15. The van der Waals surface area contributed by atoms with Crippen LogP contribution < -0.4 is 0 Å². The molecule has 1 atom stereocenters. The van der Waals surface area contributed by atoms with Crippen LogP contribution in [0.15, 0.2) is 134 Å². The second-order valence-electron chi connectivity index (χ2n) is 17.9. The summed E-state index contributed by atoms with van der Waals surface area (Å²) in [7, 11) is 0. The summed E-state index contributed by atoms with van der Waals surface area (Å²) < 4.78 is 10.7. The van der Waals surface area contributed by atoms with E-state index in [9.17, 15) is 14.7 Å². The van der Waals surface area contributed by atoms with Crippen LogP contribution in [0.3, 0.4) is 0 Å². The number of hydrogen-bond donors (Lipinski definition) is 1. The molecule has 384 valence electrons. The largest absolute Gasteiger partial charge is 0.462 e. The third kappa shape index (κ3) is 54.6. The molecule has 1 N–H and O–H groups in total. The van der Waals surface area contributed by atoms with E-state index in [1.807, 2.05) is 0 Å². The monoisotopic (exact) mass is 939 g/mol. The van der Waals surface area contributed by atoms with Gasteiger partial charge in [-0.1, -0.05) is 257 Å². The fraction of sp³-hybridized carbons (Fsp3) is 0.619. The molecule has 0 aromatic heterocycles. The third-order valence-electron chi connectivity index (χ3n) is 11.5. The number of ether oxygens (including phenoxy) is 2. The van der Waals surface area contributed by atoms with Gasteiger partial charge in [0, 0.05) is 12.8 Å². The molecule has 0 bridgehead atoms. The molecule has 0 aliphatic heterocycles. The fourth-order valence-corrected chi connectivity index (χ4v) is 7.32. The highest BCUT2D eigenvalue weighted by molar-refractivity contribution is 5.70. The number of aliphatic hydroxyl groups excluding tert-OH is 1. The van der Waals surface area contributed by atoms with Gasteiger partial charge in [0.2, 0.25) is 0 Å². The molecule has 0 heterocycles. The number of esters is 2. The van der Waals surface area contributed by atoms with Gasteiger partial charge in [-0.15, -0.1) is 0 Å². The Bertz CT molecular complexity index is 1430. The number of rotatable bonds is 49. The van der Waals surface area contributed by atoms with Crippen molar-refractivity contribution in [2.75, 3.05) is 13.2 Å². The molecular formula is C63H102O5. The highest BCUT2D eigenvalue weighted by atomic mass is 16.6. The van der Waals surface area contributed by atoms with Crippen molar-refractivity contribution in [3.05, 3.63) is 134 Å². The van der Waals surface area contributed by atoms with Crippen molar-refractivity contribution < 1.29 is 24.2 Å². The van der Waals surface area contributed by atoms with E-state index >= 15 is 0 Å². The molecule has 0 aromatic carbocycles. The number of carbonyl (C=O) groups is 2. The van der Waals surface area contributed by atoms with E-state index < -0.39 is 6.10 Å². The van der Waals surface area contributed by atoms with Crippen LogP contribution >= 0.6 is 0 Å². The van der Waals surface area contributed by atoms with Crippen LogP contribution in [0.1, 0.15) is 232 Å². The van der Waals surface area contributed by atoms with E-state index in [1.165, 1.54) is 77.0 Å². The van der Waals surface area contributed by atoms with E-state index in [4.69, 9.17) is 9.47 Å². The Morgan fingerprint density at radius 3 is 0.956 bits per heavy atom. The van der Waals surface area contributed by atoms with Crippen LogP contribution in [0.25, 0.3) is 0 Å². The topological polar surface area (TPSA) is 72.8 Å². The minimum atomic E-state index is -0.789. The average molecular weight is 940 g/mol. The predicted molar refractivity (Wildman–Crippen MR) is 297 cm³/mol. The maximum absolute atomic E-state index is 12.3. The smallest absolute Gasteiger partial charge is 0.306 e. The first-order valence-corrected chi connectivity index (χ1v) is 27.7. The molecule has 0 radical (unpaired) electrons. The van der Waals surface area contributed by atoms with Crippen LogP contribution in [-0.2, 0) is 19.1 Å². The van der Waals surface area contributed by atoms with Crippen LogP contribution in [0.2, 0.25) is 0 Å². The van der Waals surface area contributed by atoms with E-state index in [-0.39, 0.29) is 25.2 Å². The molecule has 0 rings (SSSR count). The molecule has 1 unspecified atom stereocenters. The molecule has 0 aliphatic carbocycles. The van der Waals surface area contributed by atoms with Gasteiger partial charge in [0.25, 0.3) is 0 Å². The maximum atomic E-state index is 12.3. The lowest BCUT2D eigenvalue weighted by molar-refractivity contribution is -0.161. The summed E-state index contributed by atoms with van der Waals surface area (Å²) in [5.74, 6) is -0.616. The number of aliphatic hydroxyl groups is 1. The summed E-state index contributed by atoms with van der Waals surface area (Å²) >= 11 is 0. The Labute approximate surface area is 419 Å². The Morgan fingerprint density at radius 2 is 0.632 bits per heavy atom. The van der Waals surface area contributed by atoms with Gasteiger partial charge in [-0.2, -0.15) is 0 Å². The molecule has 0 spiro atoms. The van der Waals surface area contributed by atoms with E-state index in [2.05, 4.69) is 148 Å². The first kappa shape index (κ1) is 64.0. The first-order valence-electron chi connectivity index (χ1n) is 27.7. The summed E-state index contributed by atoms with van der Waals surface area (Å²) in [6, 6.07) is 0. The molecule has 0 aliphatic rings. The maximum Gasteiger partial charge on any atom is 0.306 e. The second-order valence-corrected chi connectivity index (χ2v) is 17.9. The summed E-state index contributed by atoms with van der Waals surface area (Å²) in [5.41, 5.74) is 0. The molecule has 5 heteroatoms. The van der Waals surface area contributed by atoms with Crippen LogP contribution in [0, 0.1) is 0 Å². The number of unbranched alkanes of at least 4 members (excludes halogenated alkanes) is 19. The number of carbonyl (C=O) groups excluding carboxylic acids is 2. The summed E-state index contributed by atoms with van der Waals surface area (Å²) in [6.07, 6.45) is 85.6. The normalized spacial score (nSPS) is 13.3. The van der Waals surface area contributed by atoms with Gasteiger partial charge in [0.05, 0.1) is 6.61 Å². The molecule has 0 saturated carbocycles. The van der Waals surface area contributed by atoms with Gasteiger partial charge >= 0.3 is 11.9 Å². The molecule has 0 aromatic rings. The van der Waals surface area contributed by atoms with Crippen molar-refractivity contribution in [3.63, 3.8) is 0 Å². The minimum absolute atomic E-state index is 0.0786. The standard InChI is InChI=1S/C63H102O5/c1-3-5-7-9-11-13-15-17-19-20-21-22-23-24-25-26-27-28-29-30-31-32-33-34-35-36-37-38-39-40-41-42-44-46-48-50-52-54-56-58-63(66)68-61(59-64)60-67-62(65)57-55-53-51-49-47-45-43-18-16-14-12-10-8-6-4-2/h5,7,11,13,17,19,21-22,24-25,27-28,30-31,33-34,36-37,39-40,42,44,61,64H,3-4,6,8-10,12,14-16,18,20,23,26,29,32,35,38,41,43,45-60H2,1-2H3/b7-5-,13-11-,19-17-,22-21-,25-24-,28-27-,31-30-,34-33-,37-36-,40-39-,44-42-. The van der Waals surface area contributed by atoms with E-state index in [1.54, 1.807) is 0 Å². The molecular weight excluding hydrogens is 837 g/mol. The van der Waals surface area contributed by atoms with Crippen molar-refractivity contribution in [3.8, 4) is 0 Å². The third-order valence-corrected chi connectivity index (χ3v) is 11.5. The number of allylic oxidation sites excluding steroid dienone is 22. The lowest BCUT2D eigenvalue weighted by Gasteiger charge is -2.15. The van der Waals surface area contributed by atoms with Gasteiger partial charge in [-0.25, -0.2) is 0 Å². The number of hydrogen-bond acceptors (Lipinski definition) is 5. The fourth-order valence-electron chi connectivity index (χ4n) is 7.32. The van der Waals surface area contributed by atoms with E-state index in [0.717, 1.165) is 128 Å². The lowest BCUT2D eigenvalue weighted by atomic mass is 10.0. The van der Waals surface area contributed by atoms with Gasteiger partial charge in [-0.05, 0) is 96.3 Å². The summed E-state index contributed by atoms with van der Waals surface area (Å²) in [5, 5.41) is 9.62. The Kier molecular flexibility index (Phi) is 54.0. The van der Waals surface area contributed by atoms with Crippen molar-refractivity contribution in [1.82, 2.24) is 0 Å². The van der Waals surface area contributed by atoms with Gasteiger partial charge in [-0.3, -0.25) is 9.59 Å². The molecule has 0 saturated heterocycles. The van der Waals surface area contributed by atoms with Gasteiger partial charge < -0.3 is 14.6 Å². The van der Waals surface area contributed by atoms with Crippen molar-refractivity contribution in [2.24, 2.45) is 0 Å². The minimum Gasteiger partial charge on any atom is -0.462 e. The summed E-state index contributed by atoms with van der Waals surface area (Å²) in [6.45, 7) is 4.01. The predicted octanol–water partition coefficient (Wildman–Crippen LogP) is 18.9. The Balaban J connectivity index is 3.65. The van der Waals surface area contributed by atoms with Gasteiger partial charge in [0.1, 0.15) is 6.61 Å². The van der Waals surface area contributed by atoms with E-state index in [0.29, 0.717) is 12.8 Å². The first-order chi connectivity index (χ1) is 33.6. The second kappa shape index (κ2) is 57.4. The molecule has 0 fully saturated rings. The SMILES string of the molecule is CC/C=C\C/C=C\C/C=C\C/C=C\C/C=C\C/C=C\C/C=C\C/C=C\C/C=C\C/C=C\C/C=C\CCCCCCCC(=O)OC(CO)COC(=O)CCCCCCCCCCCCCCCCC. The quantitative estimate of drug-likeness (QED) is 0.0374. The van der Waals surface area contributed by atoms with Crippen molar-refractivity contribution in [2.45, 2.75) is 238 Å². The zero-order valence-corrected chi connectivity index (χ0v) is 43.8. The van der Waals surface area contributed by atoms with Crippen LogP contribution in [0.4, 0.5) is 0 Å². The van der Waals surface area contributed by atoms with Crippen LogP contribution in [-0.4, -0.2) is 36.4 Å². The lowest BCUT2D eigenvalue weighted by Crippen LogP contribution is -2.28. The molecule has 0 amide bonds. The highest BCUT2D eigenvalue weighted by Gasteiger charge is 2.16. The zero-order valence-electron chi connectivity index (χ0n) is 43.8. The molecule has 68 heavy (non-hydrogen) atoms. The van der Waals surface area contributed by atoms with Crippen molar-refractivity contribution in [1.29, 1.82) is 0 Å². The van der Waals surface area contributed by atoms with Crippen LogP contribution in [0.5, 0.6) is 0 Å². The Morgan fingerprint density at radius 1 is 0.353 bits per heavy atom. The van der Waals surface area contributed by atoms with Gasteiger partial charge in [0.15, 0.2) is 6.10 Å². The molecule has 5 nitrogen and oxygen atoms in total.